The van der Waals surface area contributed by atoms with E-state index in [1.807, 2.05) is 0 Å². The highest BCUT2D eigenvalue weighted by Crippen LogP contribution is 2.27. The first-order chi connectivity index (χ1) is 7.66. The van der Waals surface area contributed by atoms with Crippen LogP contribution in [0.2, 0.25) is 0 Å². The Morgan fingerprint density at radius 1 is 1.56 bits per heavy atom. The fourth-order valence-electron chi connectivity index (χ4n) is 1.74. The van der Waals surface area contributed by atoms with E-state index in [2.05, 4.69) is 21.2 Å². The molecule has 1 aromatic carbocycles. The van der Waals surface area contributed by atoms with E-state index in [1.54, 1.807) is 6.07 Å². The van der Waals surface area contributed by atoms with Crippen LogP contribution >= 0.6 is 15.9 Å². The fourth-order valence-corrected chi connectivity index (χ4v) is 2.09. The van der Waals surface area contributed by atoms with Gasteiger partial charge in [0.2, 0.25) is 0 Å². The molecule has 1 atom stereocenters. The van der Waals surface area contributed by atoms with Crippen molar-refractivity contribution in [1.29, 1.82) is 0 Å². The zero-order valence-corrected chi connectivity index (χ0v) is 10.4. The largest absolute Gasteiger partial charge is 0.397 e. The summed E-state index contributed by atoms with van der Waals surface area (Å²) in [6.07, 6.45) is 2.41. The van der Waals surface area contributed by atoms with Gasteiger partial charge in [0.1, 0.15) is 5.82 Å². The number of hydrogen-bond acceptors (Lipinski definition) is 3. The monoisotopic (exact) mass is 288 g/mol. The molecule has 0 saturated carbocycles. The lowest BCUT2D eigenvalue weighted by molar-refractivity contribution is 0.120. The summed E-state index contributed by atoms with van der Waals surface area (Å²) in [7, 11) is 0. The van der Waals surface area contributed by atoms with Crippen LogP contribution in [-0.4, -0.2) is 19.3 Å². The van der Waals surface area contributed by atoms with E-state index in [4.69, 9.17) is 10.5 Å². The van der Waals surface area contributed by atoms with Gasteiger partial charge in [0.05, 0.1) is 22.0 Å². The van der Waals surface area contributed by atoms with Gasteiger partial charge in [-0.15, -0.1) is 0 Å². The molecule has 0 bridgehead atoms. The number of anilines is 2. The Morgan fingerprint density at radius 2 is 2.38 bits per heavy atom. The number of hydrogen-bond donors (Lipinski definition) is 2. The summed E-state index contributed by atoms with van der Waals surface area (Å²) in [6, 6.07) is 2.96. The van der Waals surface area contributed by atoms with Crippen molar-refractivity contribution in [3.05, 3.63) is 22.4 Å². The first-order valence-electron chi connectivity index (χ1n) is 5.27. The van der Waals surface area contributed by atoms with E-state index >= 15 is 0 Å². The topological polar surface area (TPSA) is 47.3 Å². The maximum absolute atomic E-state index is 13.1. The van der Waals surface area contributed by atoms with Gasteiger partial charge >= 0.3 is 0 Å². The van der Waals surface area contributed by atoms with Crippen LogP contribution in [0.15, 0.2) is 16.6 Å². The second-order valence-electron chi connectivity index (χ2n) is 3.87. The summed E-state index contributed by atoms with van der Waals surface area (Å²) < 4.78 is 19.0. The highest BCUT2D eigenvalue weighted by molar-refractivity contribution is 9.10. The molecule has 5 heteroatoms. The first kappa shape index (κ1) is 11.7. The van der Waals surface area contributed by atoms with E-state index < -0.39 is 0 Å². The van der Waals surface area contributed by atoms with Crippen molar-refractivity contribution in [3.8, 4) is 0 Å². The molecule has 0 aliphatic carbocycles. The lowest BCUT2D eigenvalue weighted by Gasteiger charge is -2.14. The van der Waals surface area contributed by atoms with Gasteiger partial charge in [0.25, 0.3) is 0 Å². The molecule has 1 aliphatic heterocycles. The molecule has 1 aromatic rings. The molecule has 1 saturated heterocycles. The lowest BCUT2D eigenvalue weighted by atomic mass is 10.2. The number of rotatable bonds is 3. The van der Waals surface area contributed by atoms with Crippen molar-refractivity contribution in [3.63, 3.8) is 0 Å². The third-order valence-corrected chi connectivity index (χ3v) is 3.24. The summed E-state index contributed by atoms with van der Waals surface area (Å²) in [5, 5.41) is 3.18. The molecule has 1 fully saturated rings. The second kappa shape index (κ2) is 5.01. The van der Waals surface area contributed by atoms with Crippen molar-refractivity contribution in [2.75, 3.05) is 24.2 Å². The molecular weight excluding hydrogens is 275 g/mol. The highest BCUT2D eigenvalue weighted by Gasteiger charge is 2.15. The maximum atomic E-state index is 13.1. The van der Waals surface area contributed by atoms with Gasteiger partial charge < -0.3 is 15.8 Å². The minimum atomic E-state index is -0.347. The van der Waals surface area contributed by atoms with Crippen LogP contribution in [0, 0.1) is 5.82 Å². The summed E-state index contributed by atoms with van der Waals surface area (Å²) >= 11 is 3.13. The molecule has 0 spiro atoms. The predicted molar refractivity (Wildman–Crippen MR) is 66.0 cm³/mol. The summed E-state index contributed by atoms with van der Waals surface area (Å²) in [6.45, 7) is 1.54. The molecule has 1 unspecified atom stereocenters. The zero-order chi connectivity index (χ0) is 11.5. The van der Waals surface area contributed by atoms with E-state index in [-0.39, 0.29) is 11.9 Å². The van der Waals surface area contributed by atoms with E-state index in [9.17, 15) is 4.39 Å². The van der Waals surface area contributed by atoms with Crippen molar-refractivity contribution in [1.82, 2.24) is 0 Å². The predicted octanol–water partition coefficient (Wildman–Crippen LogP) is 2.76. The Labute approximate surface area is 102 Å². The average Bonchev–Trinajstić information content (AvgIpc) is 2.74. The standard InChI is InChI=1S/C11H14BrFN2O/c12-8-4-11(10(14)5-9(8)13)15-6-7-2-1-3-16-7/h4-5,7,15H,1-3,6,14H2. The number of nitrogens with two attached hydrogens (primary N) is 1. The molecule has 0 amide bonds. The molecule has 1 heterocycles. The van der Waals surface area contributed by atoms with Crippen molar-refractivity contribution in [2.24, 2.45) is 0 Å². The number of halogens is 2. The Balaban J connectivity index is 2.00. The molecule has 16 heavy (non-hydrogen) atoms. The van der Waals surface area contributed by atoms with Gasteiger partial charge in [0.15, 0.2) is 0 Å². The molecule has 3 N–H and O–H groups in total. The van der Waals surface area contributed by atoms with E-state index in [1.165, 1.54) is 6.07 Å². The number of benzene rings is 1. The second-order valence-corrected chi connectivity index (χ2v) is 4.72. The van der Waals surface area contributed by atoms with Crippen molar-refractivity contribution >= 4 is 27.3 Å². The molecule has 0 aromatic heterocycles. The zero-order valence-electron chi connectivity index (χ0n) is 8.80. The smallest absolute Gasteiger partial charge is 0.139 e. The highest BCUT2D eigenvalue weighted by atomic mass is 79.9. The minimum absolute atomic E-state index is 0.239. The van der Waals surface area contributed by atoms with Gasteiger partial charge in [-0.2, -0.15) is 0 Å². The quantitative estimate of drug-likeness (QED) is 0.841. The van der Waals surface area contributed by atoms with Crippen LogP contribution in [0.5, 0.6) is 0 Å². The van der Waals surface area contributed by atoms with Gasteiger partial charge in [-0.1, -0.05) is 0 Å². The van der Waals surface area contributed by atoms with Gasteiger partial charge in [0, 0.05) is 19.2 Å². The first-order valence-corrected chi connectivity index (χ1v) is 6.06. The molecular formula is C11H14BrFN2O. The Kier molecular flexibility index (Phi) is 3.66. The molecule has 2 rings (SSSR count). The fraction of sp³-hybridized carbons (Fsp3) is 0.455. The van der Waals surface area contributed by atoms with E-state index in [0.717, 1.165) is 25.1 Å². The van der Waals surface area contributed by atoms with Crippen LogP contribution in [0.3, 0.4) is 0 Å². The Hall–Kier alpha value is -0.810. The van der Waals surface area contributed by atoms with E-state index in [0.29, 0.717) is 16.7 Å². The molecule has 0 radical (unpaired) electrons. The van der Waals surface area contributed by atoms with Crippen LogP contribution in [0.1, 0.15) is 12.8 Å². The van der Waals surface area contributed by atoms with Crippen LogP contribution < -0.4 is 11.1 Å². The molecule has 3 nitrogen and oxygen atoms in total. The van der Waals surface area contributed by atoms with Crippen LogP contribution in [0.4, 0.5) is 15.8 Å². The average molecular weight is 289 g/mol. The third kappa shape index (κ3) is 2.65. The van der Waals surface area contributed by atoms with Crippen molar-refractivity contribution in [2.45, 2.75) is 18.9 Å². The van der Waals surface area contributed by atoms with Gasteiger partial charge in [-0.05, 0) is 34.8 Å². The normalized spacial score (nSPS) is 20.0. The lowest BCUT2D eigenvalue weighted by Crippen LogP contribution is -2.19. The Morgan fingerprint density at radius 3 is 3.06 bits per heavy atom. The van der Waals surface area contributed by atoms with Crippen LogP contribution in [0.25, 0.3) is 0 Å². The third-order valence-electron chi connectivity index (χ3n) is 2.64. The summed E-state index contributed by atoms with van der Waals surface area (Å²) in [5.41, 5.74) is 6.87. The minimum Gasteiger partial charge on any atom is -0.397 e. The summed E-state index contributed by atoms with van der Waals surface area (Å²) in [4.78, 5) is 0. The van der Waals surface area contributed by atoms with Gasteiger partial charge in [-0.25, -0.2) is 4.39 Å². The molecule has 1 aliphatic rings. The summed E-state index contributed by atoms with van der Waals surface area (Å²) in [5.74, 6) is -0.347. The number of nitrogen functional groups attached to an aromatic ring is 1. The SMILES string of the molecule is Nc1cc(F)c(Br)cc1NCC1CCCO1. The van der Waals surface area contributed by atoms with Crippen molar-refractivity contribution < 1.29 is 9.13 Å². The number of nitrogens with one attached hydrogen (secondary N) is 1. The van der Waals surface area contributed by atoms with Gasteiger partial charge in [-0.3, -0.25) is 0 Å². The Bertz CT molecular complexity index is 380. The maximum Gasteiger partial charge on any atom is 0.139 e. The number of ether oxygens (including phenoxy) is 1. The molecule has 88 valence electrons. The van der Waals surface area contributed by atoms with Crippen LogP contribution in [-0.2, 0) is 4.74 Å².